The molecule has 108 valence electrons. The predicted molar refractivity (Wildman–Crippen MR) is 81.8 cm³/mol. The summed E-state index contributed by atoms with van der Waals surface area (Å²) in [6.45, 7) is 0.700. The van der Waals surface area contributed by atoms with E-state index in [2.05, 4.69) is 15.7 Å². The van der Waals surface area contributed by atoms with Crippen LogP contribution in [0.3, 0.4) is 0 Å². The van der Waals surface area contributed by atoms with Gasteiger partial charge in [0.2, 0.25) is 0 Å². The molecule has 0 atom stereocenters. The number of amidine groups is 1. The maximum absolute atomic E-state index is 5.75. The van der Waals surface area contributed by atoms with Crippen LogP contribution in [0.4, 0.5) is 5.69 Å². The lowest BCUT2D eigenvalue weighted by atomic mass is 10.1. The molecule has 2 rings (SSSR count). The highest BCUT2D eigenvalue weighted by Crippen LogP contribution is 2.15. The van der Waals surface area contributed by atoms with Gasteiger partial charge in [-0.2, -0.15) is 0 Å². The first kappa shape index (κ1) is 14.5. The van der Waals surface area contributed by atoms with E-state index in [0.717, 1.165) is 22.6 Å². The molecule has 0 radical (unpaired) electrons. The fourth-order valence-electron chi connectivity index (χ4n) is 1.86. The normalized spacial score (nSPS) is 10.5. The van der Waals surface area contributed by atoms with Crippen LogP contribution in [0.15, 0.2) is 58.9 Å². The van der Waals surface area contributed by atoms with Gasteiger partial charge in [-0.05, 0) is 35.9 Å². The van der Waals surface area contributed by atoms with Crippen LogP contribution in [-0.2, 0) is 6.54 Å². The first-order valence-electron chi connectivity index (χ1n) is 6.43. The summed E-state index contributed by atoms with van der Waals surface area (Å²) in [7, 11) is 1.65. The van der Waals surface area contributed by atoms with E-state index >= 15 is 0 Å². The van der Waals surface area contributed by atoms with Crippen LogP contribution in [0, 0.1) is 0 Å². The van der Waals surface area contributed by atoms with Crippen molar-refractivity contribution in [3.05, 3.63) is 59.7 Å². The minimum absolute atomic E-state index is 0.283. The maximum atomic E-state index is 5.75. The van der Waals surface area contributed by atoms with Crippen molar-refractivity contribution < 1.29 is 10.1 Å². The number of rotatable bonds is 5. The van der Waals surface area contributed by atoms with Crippen molar-refractivity contribution >= 4 is 11.5 Å². The summed E-state index contributed by atoms with van der Waals surface area (Å²) < 4.78 is 5.13. The Morgan fingerprint density at radius 3 is 2.67 bits per heavy atom. The van der Waals surface area contributed by atoms with Crippen molar-refractivity contribution in [1.29, 1.82) is 0 Å². The van der Waals surface area contributed by atoms with E-state index < -0.39 is 0 Å². The molecule has 0 aliphatic carbocycles. The molecule has 0 amide bonds. The number of nitrogens with zero attached hydrogens (tertiary/aromatic N) is 2. The van der Waals surface area contributed by atoms with Crippen LogP contribution >= 0.6 is 0 Å². The van der Waals surface area contributed by atoms with Crippen molar-refractivity contribution in [2.24, 2.45) is 16.2 Å². The monoisotopic (exact) mass is 284 g/mol. The first-order valence-corrected chi connectivity index (χ1v) is 6.43. The molecule has 0 heterocycles. The van der Waals surface area contributed by atoms with E-state index in [-0.39, 0.29) is 5.84 Å². The smallest absolute Gasteiger partial charge is 0.350 e. The lowest BCUT2D eigenvalue weighted by Crippen LogP contribution is -2.38. The van der Waals surface area contributed by atoms with Gasteiger partial charge in [0.05, 0.1) is 17.8 Å². The second-order valence-corrected chi connectivity index (χ2v) is 4.38. The fraction of sp³-hybridized carbons (Fsp3) is 0.133. The largest absolute Gasteiger partial charge is 0.497 e. The SMILES string of the molecule is COc1ccc(CNc2cccc(C(=[NH2+])N=NN)c2)cc1. The van der Waals surface area contributed by atoms with Crippen molar-refractivity contribution in [2.75, 3.05) is 12.4 Å². The third-order valence-electron chi connectivity index (χ3n) is 2.98. The van der Waals surface area contributed by atoms with Crippen molar-refractivity contribution in [3.8, 4) is 5.75 Å². The van der Waals surface area contributed by atoms with E-state index in [1.54, 1.807) is 7.11 Å². The molecule has 21 heavy (non-hydrogen) atoms. The Labute approximate surface area is 123 Å². The highest BCUT2D eigenvalue weighted by molar-refractivity contribution is 5.95. The molecule has 0 aliphatic heterocycles. The molecule has 6 nitrogen and oxygen atoms in total. The average molecular weight is 284 g/mol. The molecule has 0 bridgehead atoms. The minimum Gasteiger partial charge on any atom is -0.497 e. The van der Waals surface area contributed by atoms with E-state index in [9.17, 15) is 0 Å². The van der Waals surface area contributed by atoms with Gasteiger partial charge in [0.1, 0.15) is 5.75 Å². The molecule has 0 saturated carbocycles. The fourth-order valence-corrected chi connectivity index (χ4v) is 1.86. The Hall–Kier alpha value is -2.89. The number of hydrogen-bond donors (Lipinski definition) is 3. The molecule has 6 heteroatoms. The molecular formula is C15H18N5O+. The molecule has 0 spiro atoms. The van der Waals surface area contributed by atoms with Gasteiger partial charge in [0.15, 0.2) is 0 Å². The van der Waals surface area contributed by atoms with Gasteiger partial charge in [0.25, 0.3) is 0 Å². The summed E-state index contributed by atoms with van der Waals surface area (Å²) in [6.07, 6.45) is 0. The lowest BCUT2D eigenvalue weighted by molar-refractivity contribution is -0.114. The van der Waals surface area contributed by atoms with Gasteiger partial charge >= 0.3 is 5.84 Å². The summed E-state index contributed by atoms with van der Waals surface area (Å²) in [4.78, 5) is 0. The van der Waals surface area contributed by atoms with E-state index in [0.29, 0.717) is 6.54 Å². The van der Waals surface area contributed by atoms with E-state index in [4.69, 9.17) is 16.0 Å². The molecule has 0 aromatic heterocycles. The average Bonchev–Trinajstić information content (AvgIpc) is 2.54. The molecule has 2 aromatic carbocycles. The van der Waals surface area contributed by atoms with Crippen molar-refractivity contribution in [2.45, 2.75) is 6.54 Å². The minimum atomic E-state index is 0.283. The molecule has 0 saturated heterocycles. The van der Waals surface area contributed by atoms with Crippen LogP contribution in [0.25, 0.3) is 0 Å². The zero-order valence-corrected chi connectivity index (χ0v) is 11.8. The number of anilines is 1. The maximum Gasteiger partial charge on any atom is 0.350 e. The number of nitrogens with two attached hydrogens (primary N) is 2. The number of benzene rings is 2. The third kappa shape index (κ3) is 4.04. The summed E-state index contributed by atoms with van der Waals surface area (Å²) in [5.41, 5.74) is 2.86. The van der Waals surface area contributed by atoms with Gasteiger partial charge in [-0.3, -0.25) is 11.3 Å². The molecule has 5 N–H and O–H groups in total. The van der Waals surface area contributed by atoms with E-state index in [1.165, 1.54) is 0 Å². The van der Waals surface area contributed by atoms with E-state index in [1.807, 2.05) is 48.5 Å². The zero-order valence-electron chi connectivity index (χ0n) is 11.8. The quantitative estimate of drug-likeness (QED) is 0.252. The van der Waals surface area contributed by atoms with Crippen LogP contribution in [-0.4, -0.2) is 12.9 Å². The summed E-state index contributed by atoms with van der Waals surface area (Å²) in [5, 5.41) is 15.9. The lowest BCUT2D eigenvalue weighted by Gasteiger charge is -2.07. The van der Waals surface area contributed by atoms with Gasteiger partial charge in [0, 0.05) is 17.5 Å². The number of methoxy groups -OCH3 is 1. The summed E-state index contributed by atoms with van der Waals surface area (Å²) >= 11 is 0. The molecule has 0 aliphatic rings. The molecule has 0 unspecified atom stereocenters. The second kappa shape index (κ2) is 7.04. The van der Waals surface area contributed by atoms with Crippen LogP contribution in [0.1, 0.15) is 11.1 Å². The van der Waals surface area contributed by atoms with Gasteiger partial charge < -0.3 is 10.1 Å². The van der Waals surface area contributed by atoms with Gasteiger partial charge in [-0.1, -0.05) is 18.2 Å². The third-order valence-corrected chi connectivity index (χ3v) is 2.98. The standard InChI is InChI=1S/C15H17N5O/c1-21-14-7-5-11(6-8-14)10-18-13-4-2-3-12(9-13)15(16)19-20-17/h2-9,18H,10H2,1H3,(H3,16,17,19)/p+1. The first-order chi connectivity index (χ1) is 10.2. The van der Waals surface area contributed by atoms with Gasteiger partial charge in [-0.25, -0.2) is 0 Å². The molecule has 0 fully saturated rings. The Kier molecular flexibility index (Phi) is 4.87. The highest BCUT2D eigenvalue weighted by Gasteiger charge is 2.08. The Bertz CT molecular complexity index is 637. The summed E-state index contributed by atoms with van der Waals surface area (Å²) in [5.74, 6) is 6.12. The summed E-state index contributed by atoms with van der Waals surface area (Å²) in [6, 6.07) is 15.5. The highest BCUT2D eigenvalue weighted by atomic mass is 16.5. The zero-order chi connectivity index (χ0) is 15.1. The van der Waals surface area contributed by atoms with Crippen LogP contribution < -0.4 is 21.3 Å². The second-order valence-electron chi connectivity index (χ2n) is 4.38. The van der Waals surface area contributed by atoms with Gasteiger partial charge in [-0.15, -0.1) is 0 Å². The number of hydrogen-bond acceptors (Lipinski definition) is 3. The van der Waals surface area contributed by atoms with Crippen molar-refractivity contribution in [3.63, 3.8) is 0 Å². The number of ether oxygens (including phenoxy) is 1. The molecular weight excluding hydrogens is 266 g/mol. The van der Waals surface area contributed by atoms with Crippen LogP contribution in [0.5, 0.6) is 5.75 Å². The van der Waals surface area contributed by atoms with Crippen LogP contribution in [0.2, 0.25) is 0 Å². The molecule has 2 aromatic rings. The Morgan fingerprint density at radius 2 is 2.00 bits per heavy atom. The van der Waals surface area contributed by atoms with Crippen molar-refractivity contribution in [1.82, 2.24) is 0 Å². The Morgan fingerprint density at radius 1 is 1.24 bits per heavy atom. The topological polar surface area (TPSA) is 97.6 Å². The number of nitrogens with one attached hydrogen (secondary N) is 1. The Balaban J connectivity index is 2.02. The predicted octanol–water partition coefficient (Wildman–Crippen LogP) is 1.14.